The zero-order chi connectivity index (χ0) is 13.1. The monoisotopic (exact) mass is 246 g/mol. The fourth-order valence-corrected chi connectivity index (χ4v) is 1.94. The van der Waals surface area contributed by atoms with Gasteiger partial charge >= 0.3 is 0 Å². The van der Waals surface area contributed by atoms with Gasteiger partial charge in [-0.2, -0.15) is 5.10 Å². The van der Waals surface area contributed by atoms with E-state index in [0.29, 0.717) is 6.29 Å². The molecule has 0 saturated heterocycles. The summed E-state index contributed by atoms with van der Waals surface area (Å²) in [6.45, 7) is 4.82. The molecule has 1 aromatic carbocycles. The lowest BCUT2D eigenvalue weighted by atomic mass is 10.0. The SMILES string of the molecule is CCCn1cc(-c2ccc(C=O)c(F)c2)c(C)n1. The number of carbonyl (C=O) groups is 1. The first-order valence-corrected chi connectivity index (χ1v) is 5.95. The second-order valence-electron chi connectivity index (χ2n) is 4.25. The molecule has 3 nitrogen and oxygen atoms in total. The molecule has 0 amide bonds. The van der Waals surface area contributed by atoms with E-state index in [4.69, 9.17) is 0 Å². The standard InChI is InChI=1S/C14H15FN2O/c1-3-6-17-8-13(10(2)16-17)11-4-5-12(9-18)14(15)7-11/h4-5,7-9H,3,6H2,1-2H3. The highest BCUT2D eigenvalue weighted by Crippen LogP contribution is 2.24. The van der Waals surface area contributed by atoms with E-state index >= 15 is 0 Å². The van der Waals surface area contributed by atoms with E-state index in [-0.39, 0.29) is 5.56 Å². The molecule has 0 aliphatic rings. The van der Waals surface area contributed by atoms with Gasteiger partial charge in [-0.05, 0) is 31.0 Å². The third kappa shape index (κ3) is 2.32. The van der Waals surface area contributed by atoms with Crippen LogP contribution in [0.1, 0.15) is 29.4 Å². The molecule has 4 heteroatoms. The molecule has 0 unspecified atom stereocenters. The van der Waals surface area contributed by atoms with Crippen LogP contribution in [0.25, 0.3) is 11.1 Å². The van der Waals surface area contributed by atoms with Gasteiger partial charge in [-0.1, -0.05) is 13.0 Å². The first kappa shape index (κ1) is 12.5. The van der Waals surface area contributed by atoms with E-state index in [2.05, 4.69) is 12.0 Å². The van der Waals surface area contributed by atoms with Gasteiger partial charge in [-0.15, -0.1) is 0 Å². The highest BCUT2D eigenvalue weighted by molar-refractivity contribution is 5.77. The fraction of sp³-hybridized carbons (Fsp3) is 0.286. The van der Waals surface area contributed by atoms with Gasteiger partial charge in [0.2, 0.25) is 0 Å². The Bertz CT molecular complexity index is 575. The van der Waals surface area contributed by atoms with Crippen LogP contribution in [0.4, 0.5) is 4.39 Å². The summed E-state index contributed by atoms with van der Waals surface area (Å²) in [6, 6.07) is 4.62. The van der Waals surface area contributed by atoms with Crippen LogP contribution in [-0.4, -0.2) is 16.1 Å². The quantitative estimate of drug-likeness (QED) is 0.776. The van der Waals surface area contributed by atoms with Crippen molar-refractivity contribution >= 4 is 6.29 Å². The van der Waals surface area contributed by atoms with Gasteiger partial charge in [0.15, 0.2) is 6.29 Å². The van der Waals surface area contributed by atoms with Gasteiger partial charge in [0.1, 0.15) is 5.82 Å². The molecule has 0 N–H and O–H groups in total. The van der Waals surface area contributed by atoms with Crippen molar-refractivity contribution in [2.75, 3.05) is 0 Å². The van der Waals surface area contributed by atoms with Crippen LogP contribution >= 0.6 is 0 Å². The minimum absolute atomic E-state index is 0.0809. The number of hydrogen-bond acceptors (Lipinski definition) is 2. The number of aromatic nitrogens is 2. The van der Waals surface area contributed by atoms with E-state index in [0.717, 1.165) is 29.8 Å². The molecule has 0 atom stereocenters. The number of hydrogen-bond donors (Lipinski definition) is 0. The van der Waals surface area contributed by atoms with E-state index in [1.54, 1.807) is 6.07 Å². The Kier molecular flexibility index (Phi) is 3.55. The van der Waals surface area contributed by atoms with Gasteiger partial charge in [0.25, 0.3) is 0 Å². The second-order valence-corrected chi connectivity index (χ2v) is 4.25. The topological polar surface area (TPSA) is 34.9 Å². The van der Waals surface area contributed by atoms with Crippen molar-refractivity contribution in [3.63, 3.8) is 0 Å². The van der Waals surface area contributed by atoms with Crippen molar-refractivity contribution < 1.29 is 9.18 Å². The molecule has 18 heavy (non-hydrogen) atoms. The third-order valence-electron chi connectivity index (χ3n) is 2.84. The summed E-state index contributed by atoms with van der Waals surface area (Å²) in [5, 5.41) is 4.37. The molecular formula is C14H15FN2O. The van der Waals surface area contributed by atoms with Gasteiger partial charge in [0.05, 0.1) is 11.3 Å². The van der Waals surface area contributed by atoms with Crippen LogP contribution in [0.15, 0.2) is 24.4 Å². The predicted octanol–water partition coefficient (Wildman–Crippen LogP) is 3.22. The molecule has 0 saturated carbocycles. The highest BCUT2D eigenvalue weighted by atomic mass is 19.1. The van der Waals surface area contributed by atoms with Gasteiger partial charge in [0, 0.05) is 18.3 Å². The van der Waals surface area contributed by atoms with E-state index in [1.165, 1.54) is 12.1 Å². The lowest BCUT2D eigenvalue weighted by molar-refractivity contribution is 0.112. The average Bonchev–Trinajstić information content (AvgIpc) is 2.71. The normalized spacial score (nSPS) is 10.6. The lowest BCUT2D eigenvalue weighted by Crippen LogP contribution is -1.96. The van der Waals surface area contributed by atoms with Crippen LogP contribution in [0.3, 0.4) is 0 Å². The summed E-state index contributed by atoms with van der Waals surface area (Å²) in [6.07, 6.45) is 3.43. The number of nitrogens with zero attached hydrogens (tertiary/aromatic N) is 2. The maximum absolute atomic E-state index is 13.6. The molecule has 1 heterocycles. The molecule has 2 rings (SSSR count). The van der Waals surface area contributed by atoms with E-state index in [9.17, 15) is 9.18 Å². The van der Waals surface area contributed by atoms with Gasteiger partial charge in [-0.25, -0.2) is 4.39 Å². The van der Waals surface area contributed by atoms with Crippen LogP contribution in [0.5, 0.6) is 0 Å². The summed E-state index contributed by atoms with van der Waals surface area (Å²) in [7, 11) is 0. The molecular weight excluding hydrogens is 231 g/mol. The summed E-state index contributed by atoms with van der Waals surface area (Å²) in [4.78, 5) is 10.6. The maximum Gasteiger partial charge on any atom is 0.152 e. The summed E-state index contributed by atoms with van der Waals surface area (Å²) in [5.74, 6) is -0.495. The Balaban J connectivity index is 2.42. The molecule has 0 fully saturated rings. The first-order valence-electron chi connectivity index (χ1n) is 5.95. The lowest BCUT2D eigenvalue weighted by Gasteiger charge is -2.01. The Hall–Kier alpha value is -1.97. The minimum atomic E-state index is -0.495. The van der Waals surface area contributed by atoms with Crippen LogP contribution in [0, 0.1) is 12.7 Å². The number of aryl methyl sites for hydroxylation is 2. The number of rotatable bonds is 4. The van der Waals surface area contributed by atoms with Crippen LogP contribution in [-0.2, 0) is 6.54 Å². The Morgan fingerprint density at radius 3 is 2.83 bits per heavy atom. The Morgan fingerprint density at radius 1 is 1.44 bits per heavy atom. The average molecular weight is 246 g/mol. The van der Waals surface area contributed by atoms with Crippen molar-refractivity contribution in [3.05, 3.63) is 41.5 Å². The third-order valence-corrected chi connectivity index (χ3v) is 2.84. The molecule has 0 bridgehead atoms. The first-order chi connectivity index (χ1) is 8.65. The molecule has 0 spiro atoms. The second kappa shape index (κ2) is 5.12. The fourth-order valence-electron chi connectivity index (χ4n) is 1.94. The van der Waals surface area contributed by atoms with Crippen LogP contribution in [0.2, 0.25) is 0 Å². The molecule has 0 aliphatic heterocycles. The number of aldehydes is 1. The maximum atomic E-state index is 13.6. The van der Waals surface area contributed by atoms with E-state index < -0.39 is 5.82 Å². The predicted molar refractivity (Wildman–Crippen MR) is 68.0 cm³/mol. The zero-order valence-electron chi connectivity index (χ0n) is 10.5. The Labute approximate surface area is 105 Å². The summed E-state index contributed by atoms with van der Waals surface area (Å²) in [5.41, 5.74) is 2.59. The number of halogens is 1. The molecule has 0 radical (unpaired) electrons. The number of benzene rings is 1. The minimum Gasteiger partial charge on any atom is -0.298 e. The summed E-state index contributed by atoms with van der Waals surface area (Å²) >= 11 is 0. The van der Waals surface area contributed by atoms with E-state index in [1.807, 2.05) is 17.8 Å². The van der Waals surface area contributed by atoms with Crippen LogP contribution < -0.4 is 0 Å². The largest absolute Gasteiger partial charge is 0.298 e. The molecule has 2 aromatic rings. The number of carbonyl (C=O) groups excluding carboxylic acids is 1. The van der Waals surface area contributed by atoms with Gasteiger partial charge in [-0.3, -0.25) is 9.48 Å². The summed E-state index contributed by atoms with van der Waals surface area (Å²) < 4.78 is 15.4. The van der Waals surface area contributed by atoms with Crippen molar-refractivity contribution in [1.82, 2.24) is 9.78 Å². The highest BCUT2D eigenvalue weighted by Gasteiger charge is 2.09. The smallest absolute Gasteiger partial charge is 0.152 e. The zero-order valence-corrected chi connectivity index (χ0v) is 10.5. The van der Waals surface area contributed by atoms with Gasteiger partial charge < -0.3 is 0 Å². The Morgan fingerprint density at radius 2 is 2.22 bits per heavy atom. The van der Waals surface area contributed by atoms with Crippen molar-refractivity contribution in [2.24, 2.45) is 0 Å². The molecule has 94 valence electrons. The van der Waals surface area contributed by atoms with Crippen molar-refractivity contribution in [1.29, 1.82) is 0 Å². The molecule has 1 aromatic heterocycles. The van der Waals surface area contributed by atoms with Crippen molar-refractivity contribution in [2.45, 2.75) is 26.8 Å². The van der Waals surface area contributed by atoms with Crippen molar-refractivity contribution in [3.8, 4) is 11.1 Å². The molecule has 0 aliphatic carbocycles.